The molecule has 1 aromatic heterocycles. The SMILES string of the molecule is CCCN=C(NCC)NCCc1ccn(-c2ccc(F)cc2)n1.I. The van der Waals surface area contributed by atoms with Crippen molar-refractivity contribution in [3.05, 3.63) is 48.0 Å². The summed E-state index contributed by atoms with van der Waals surface area (Å²) in [6.07, 6.45) is 3.71. The molecule has 0 aliphatic carbocycles. The van der Waals surface area contributed by atoms with Gasteiger partial charge in [0.2, 0.25) is 0 Å². The molecule has 132 valence electrons. The van der Waals surface area contributed by atoms with Crippen LogP contribution in [-0.2, 0) is 6.42 Å². The van der Waals surface area contributed by atoms with Crippen LogP contribution in [0.5, 0.6) is 0 Å². The molecule has 0 aliphatic heterocycles. The number of nitrogens with one attached hydrogen (secondary N) is 2. The van der Waals surface area contributed by atoms with Crippen LogP contribution in [0.25, 0.3) is 5.69 Å². The molecule has 0 saturated carbocycles. The van der Waals surface area contributed by atoms with Crippen molar-refractivity contribution in [3.8, 4) is 5.69 Å². The maximum Gasteiger partial charge on any atom is 0.191 e. The fourth-order valence-corrected chi connectivity index (χ4v) is 2.11. The second-order valence-electron chi connectivity index (χ2n) is 5.17. The second-order valence-corrected chi connectivity index (χ2v) is 5.17. The average Bonchev–Trinajstić information content (AvgIpc) is 3.02. The summed E-state index contributed by atoms with van der Waals surface area (Å²) in [5, 5.41) is 11.0. The fourth-order valence-electron chi connectivity index (χ4n) is 2.11. The fraction of sp³-hybridized carbons (Fsp3) is 0.412. The van der Waals surface area contributed by atoms with E-state index >= 15 is 0 Å². The van der Waals surface area contributed by atoms with Crippen LogP contribution in [0.15, 0.2) is 41.5 Å². The molecule has 24 heavy (non-hydrogen) atoms. The van der Waals surface area contributed by atoms with Gasteiger partial charge in [0.1, 0.15) is 5.82 Å². The van der Waals surface area contributed by atoms with Crippen molar-refractivity contribution < 1.29 is 4.39 Å². The van der Waals surface area contributed by atoms with E-state index in [1.54, 1.807) is 16.8 Å². The van der Waals surface area contributed by atoms with Crippen LogP contribution in [0.4, 0.5) is 4.39 Å². The van der Waals surface area contributed by atoms with E-state index in [9.17, 15) is 4.39 Å². The van der Waals surface area contributed by atoms with Crippen molar-refractivity contribution in [2.24, 2.45) is 4.99 Å². The molecule has 2 aromatic rings. The van der Waals surface area contributed by atoms with Crippen LogP contribution in [0.3, 0.4) is 0 Å². The summed E-state index contributed by atoms with van der Waals surface area (Å²) in [5.41, 5.74) is 1.83. The van der Waals surface area contributed by atoms with Crippen molar-refractivity contribution >= 4 is 29.9 Å². The summed E-state index contributed by atoms with van der Waals surface area (Å²) in [6.45, 7) is 6.57. The summed E-state index contributed by atoms with van der Waals surface area (Å²) in [7, 11) is 0. The predicted octanol–water partition coefficient (Wildman–Crippen LogP) is 3.14. The van der Waals surface area contributed by atoms with Gasteiger partial charge >= 0.3 is 0 Å². The van der Waals surface area contributed by atoms with Crippen LogP contribution >= 0.6 is 24.0 Å². The lowest BCUT2D eigenvalue weighted by molar-refractivity contribution is 0.627. The number of nitrogens with zero attached hydrogens (tertiary/aromatic N) is 3. The van der Waals surface area contributed by atoms with E-state index in [0.717, 1.165) is 49.8 Å². The summed E-state index contributed by atoms with van der Waals surface area (Å²) in [5.74, 6) is 0.597. The number of benzene rings is 1. The molecule has 0 aliphatic rings. The first-order valence-electron chi connectivity index (χ1n) is 8.05. The number of guanidine groups is 1. The van der Waals surface area contributed by atoms with Crippen LogP contribution in [0, 0.1) is 5.82 Å². The zero-order chi connectivity index (χ0) is 16.5. The van der Waals surface area contributed by atoms with E-state index in [0.29, 0.717) is 0 Å². The molecule has 5 nitrogen and oxygen atoms in total. The van der Waals surface area contributed by atoms with Gasteiger partial charge < -0.3 is 10.6 Å². The second kappa shape index (κ2) is 11.0. The Morgan fingerprint density at radius 2 is 1.92 bits per heavy atom. The minimum atomic E-state index is -0.243. The summed E-state index contributed by atoms with van der Waals surface area (Å²) in [6, 6.07) is 8.27. The number of hydrogen-bond donors (Lipinski definition) is 2. The normalized spacial score (nSPS) is 11.0. The minimum Gasteiger partial charge on any atom is -0.357 e. The van der Waals surface area contributed by atoms with E-state index in [-0.39, 0.29) is 29.8 Å². The molecule has 2 N–H and O–H groups in total. The zero-order valence-corrected chi connectivity index (χ0v) is 16.5. The number of aromatic nitrogens is 2. The van der Waals surface area contributed by atoms with Gasteiger partial charge in [-0.2, -0.15) is 5.10 Å². The molecule has 1 heterocycles. The molecule has 0 radical (unpaired) electrons. The number of hydrogen-bond acceptors (Lipinski definition) is 2. The molecule has 0 unspecified atom stereocenters. The number of aliphatic imine (C=N–C) groups is 1. The molecular formula is C17H25FIN5. The van der Waals surface area contributed by atoms with Gasteiger partial charge in [-0.15, -0.1) is 24.0 Å². The number of rotatable bonds is 7. The minimum absolute atomic E-state index is 0. The van der Waals surface area contributed by atoms with Crippen molar-refractivity contribution in [1.29, 1.82) is 0 Å². The van der Waals surface area contributed by atoms with Gasteiger partial charge in [0.05, 0.1) is 11.4 Å². The van der Waals surface area contributed by atoms with E-state index < -0.39 is 0 Å². The van der Waals surface area contributed by atoms with E-state index in [2.05, 4.69) is 27.6 Å². The van der Waals surface area contributed by atoms with Crippen molar-refractivity contribution in [2.75, 3.05) is 19.6 Å². The molecule has 0 fully saturated rings. The lowest BCUT2D eigenvalue weighted by Crippen LogP contribution is -2.38. The molecule has 0 saturated heterocycles. The first-order chi connectivity index (χ1) is 11.2. The maximum atomic E-state index is 12.9. The molecule has 0 spiro atoms. The first kappa shape index (κ1) is 20.4. The van der Waals surface area contributed by atoms with E-state index in [4.69, 9.17) is 0 Å². The van der Waals surface area contributed by atoms with E-state index in [1.165, 1.54) is 12.1 Å². The van der Waals surface area contributed by atoms with Crippen molar-refractivity contribution in [3.63, 3.8) is 0 Å². The standard InChI is InChI=1S/C17H24FN5.HI/c1-3-11-20-17(19-4-2)21-12-9-15-10-13-23(22-15)16-7-5-14(18)6-8-16;/h5-8,10,13H,3-4,9,11-12H2,1-2H3,(H2,19,20,21);1H. The summed E-state index contributed by atoms with van der Waals surface area (Å²) in [4.78, 5) is 4.46. The van der Waals surface area contributed by atoms with Crippen LogP contribution < -0.4 is 10.6 Å². The largest absolute Gasteiger partial charge is 0.357 e. The molecule has 1 aromatic carbocycles. The van der Waals surface area contributed by atoms with Gasteiger partial charge in [-0.3, -0.25) is 4.99 Å². The topological polar surface area (TPSA) is 54.2 Å². The highest BCUT2D eigenvalue weighted by atomic mass is 127. The maximum absolute atomic E-state index is 12.9. The van der Waals surface area contributed by atoms with Crippen molar-refractivity contribution in [1.82, 2.24) is 20.4 Å². The molecule has 0 bridgehead atoms. The van der Waals surface area contributed by atoms with Crippen molar-refractivity contribution in [2.45, 2.75) is 26.7 Å². The highest BCUT2D eigenvalue weighted by Crippen LogP contribution is 2.09. The molecule has 7 heteroatoms. The van der Waals surface area contributed by atoms with Gasteiger partial charge in [0, 0.05) is 32.3 Å². The Morgan fingerprint density at radius 3 is 2.58 bits per heavy atom. The average molecular weight is 445 g/mol. The highest BCUT2D eigenvalue weighted by molar-refractivity contribution is 14.0. The highest BCUT2D eigenvalue weighted by Gasteiger charge is 2.03. The summed E-state index contributed by atoms with van der Waals surface area (Å²) < 4.78 is 14.7. The third-order valence-corrected chi connectivity index (χ3v) is 3.25. The first-order valence-corrected chi connectivity index (χ1v) is 8.05. The Hall–Kier alpha value is -1.64. The molecule has 0 amide bonds. The van der Waals surface area contributed by atoms with E-state index in [1.807, 2.05) is 19.2 Å². The quantitative estimate of drug-likeness (QED) is 0.391. The predicted molar refractivity (Wildman–Crippen MR) is 107 cm³/mol. The van der Waals surface area contributed by atoms with Crippen LogP contribution in [-0.4, -0.2) is 35.4 Å². The van der Waals surface area contributed by atoms with Crippen LogP contribution in [0.1, 0.15) is 26.0 Å². The number of halogens is 2. The Labute approximate surface area is 159 Å². The lowest BCUT2D eigenvalue weighted by Gasteiger charge is -2.10. The Morgan fingerprint density at radius 1 is 1.17 bits per heavy atom. The third-order valence-electron chi connectivity index (χ3n) is 3.25. The molecular weight excluding hydrogens is 420 g/mol. The molecule has 0 atom stereocenters. The van der Waals surface area contributed by atoms with Gasteiger partial charge in [-0.25, -0.2) is 9.07 Å². The Kier molecular flexibility index (Phi) is 9.36. The van der Waals surface area contributed by atoms with Gasteiger partial charge in [-0.1, -0.05) is 6.92 Å². The molecule has 2 rings (SSSR count). The van der Waals surface area contributed by atoms with Gasteiger partial charge in [-0.05, 0) is 43.7 Å². The van der Waals surface area contributed by atoms with Gasteiger partial charge in [0.25, 0.3) is 0 Å². The zero-order valence-electron chi connectivity index (χ0n) is 14.1. The Balaban J connectivity index is 0.00000288. The smallest absolute Gasteiger partial charge is 0.191 e. The van der Waals surface area contributed by atoms with Crippen LogP contribution in [0.2, 0.25) is 0 Å². The van der Waals surface area contributed by atoms with Gasteiger partial charge in [0.15, 0.2) is 5.96 Å². The Bertz CT molecular complexity index is 624. The monoisotopic (exact) mass is 445 g/mol. The third kappa shape index (κ3) is 6.46. The lowest BCUT2D eigenvalue weighted by atomic mass is 10.3. The summed E-state index contributed by atoms with van der Waals surface area (Å²) >= 11 is 0.